The minimum absolute atomic E-state index is 0.194. The first-order chi connectivity index (χ1) is 8.72. The number of fused-ring (bicyclic) bond motifs is 1. The van der Waals surface area contributed by atoms with Gasteiger partial charge in [-0.15, -0.1) is 11.3 Å². The molecule has 0 radical (unpaired) electrons. The van der Waals surface area contributed by atoms with E-state index in [1.54, 1.807) is 17.7 Å². The summed E-state index contributed by atoms with van der Waals surface area (Å²) >= 11 is 7.61. The van der Waals surface area contributed by atoms with E-state index >= 15 is 0 Å². The number of aryl methyl sites for hydroxylation is 1. The first kappa shape index (κ1) is 11.4. The van der Waals surface area contributed by atoms with Gasteiger partial charge in [0.25, 0.3) is 0 Å². The molecule has 0 unspecified atom stereocenters. The van der Waals surface area contributed by atoms with Crippen molar-refractivity contribution in [3.05, 3.63) is 33.5 Å². The van der Waals surface area contributed by atoms with E-state index in [2.05, 4.69) is 44.3 Å². The number of nitrogens with zero attached hydrogens (tertiary/aromatic N) is 3. The van der Waals surface area contributed by atoms with Crippen molar-refractivity contribution in [2.24, 2.45) is 0 Å². The molecule has 18 heavy (non-hydrogen) atoms. The van der Waals surface area contributed by atoms with Gasteiger partial charge in [-0.1, -0.05) is 0 Å². The Morgan fingerprint density at radius 3 is 3.06 bits per heavy atom. The Labute approximate surface area is 112 Å². The smallest absolute Gasteiger partial charge is 0.226 e. The maximum atomic E-state index is 5.85. The van der Waals surface area contributed by atoms with Crippen molar-refractivity contribution in [1.82, 2.24) is 19.9 Å². The Bertz CT molecular complexity index is 690. The number of aromatic nitrogens is 4. The van der Waals surface area contributed by atoms with E-state index in [4.69, 9.17) is 11.6 Å². The summed E-state index contributed by atoms with van der Waals surface area (Å²) in [5.41, 5.74) is 1.34. The maximum Gasteiger partial charge on any atom is 0.226 e. The fraction of sp³-hybridized carbons (Fsp3) is 0.182. The second kappa shape index (κ2) is 4.55. The molecular formula is C11H10ClN5S. The predicted molar refractivity (Wildman–Crippen MR) is 73.1 cm³/mol. The number of rotatable bonds is 3. The molecule has 3 heterocycles. The van der Waals surface area contributed by atoms with Gasteiger partial charge >= 0.3 is 0 Å². The van der Waals surface area contributed by atoms with Gasteiger partial charge in [0.2, 0.25) is 5.28 Å². The largest absolute Gasteiger partial charge is 0.363 e. The van der Waals surface area contributed by atoms with Crippen molar-refractivity contribution in [3.63, 3.8) is 0 Å². The summed E-state index contributed by atoms with van der Waals surface area (Å²) in [5.74, 6) is 0.675. The highest BCUT2D eigenvalue weighted by atomic mass is 35.5. The predicted octanol–water partition coefficient (Wildman–Crippen LogP) is 2.99. The topological polar surface area (TPSA) is 66.5 Å². The second-order valence-corrected chi connectivity index (χ2v) is 5.52. The normalized spacial score (nSPS) is 11.0. The fourth-order valence-electron chi connectivity index (χ4n) is 1.69. The molecule has 2 N–H and O–H groups in total. The van der Waals surface area contributed by atoms with E-state index in [0.29, 0.717) is 18.0 Å². The summed E-state index contributed by atoms with van der Waals surface area (Å²) in [5, 5.41) is 3.44. The van der Waals surface area contributed by atoms with Crippen LogP contribution in [0.1, 0.15) is 9.75 Å². The third-order valence-corrected chi connectivity index (χ3v) is 3.65. The fourth-order valence-corrected chi connectivity index (χ4v) is 2.68. The van der Waals surface area contributed by atoms with Crippen molar-refractivity contribution >= 4 is 39.9 Å². The molecule has 0 aliphatic heterocycles. The standard InChI is InChI=1S/C11H10ClN5S/c1-6-2-3-7(18-6)4-13-9-8-10(15-5-14-8)17-11(12)16-9/h2-3,5H,4H2,1H3,(H2,13,14,15,16,17). The Balaban J connectivity index is 1.87. The third kappa shape index (κ3) is 2.16. The molecular weight excluding hydrogens is 270 g/mol. The average Bonchev–Trinajstić information content (AvgIpc) is 2.94. The van der Waals surface area contributed by atoms with Crippen LogP contribution < -0.4 is 5.32 Å². The van der Waals surface area contributed by atoms with Crippen LogP contribution in [0.25, 0.3) is 11.2 Å². The number of anilines is 1. The van der Waals surface area contributed by atoms with E-state index in [-0.39, 0.29) is 5.28 Å². The molecule has 92 valence electrons. The van der Waals surface area contributed by atoms with Crippen LogP contribution in [0.5, 0.6) is 0 Å². The van der Waals surface area contributed by atoms with Crippen LogP contribution in [0.2, 0.25) is 5.28 Å². The van der Waals surface area contributed by atoms with Gasteiger partial charge < -0.3 is 10.3 Å². The lowest BCUT2D eigenvalue weighted by molar-refractivity contribution is 1.12. The lowest BCUT2D eigenvalue weighted by Gasteiger charge is -2.04. The maximum absolute atomic E-state index is 5.85. The number of hydrogen-bond donors (Lipinski definition) is 2. The Morgan fingerprint density at radius 1 is 1.39 bits per heavy atom. The Kier molecular flexibility index (Phi) is 2.89. The van der Waals surface area contributed by atoms with E-state index in [9.17, 15) is 0 Å². The zero-order valence-corrected chi connectivity index (χ0v) is 11.1. The molecule has 3 aromatic heterocycles. The minimum Gasteiger partial charge on any atom is -0.363 e. The number of imidazole rings is 1. The Morgan fingerprint density at radius 2 is 2.28 bits per heavy atom. The molecule has 0 aliphatic carbocycles. The summed E-state index contributed by atoms with van der Waals surface area (Å²) in [6.07, 6.45) is 1.58. The highest BCUT2D eigenvalue weighted by molar-refractivity contribution is 7.11. The lowest BCUT2D eigenvalue weighted by Crippen LogP contribution is -2.01. The number of thiophene rings is 1. The number of aromatic amines is 1. The van der Waals surface area contributed by atoms with Crippen LogP contribution in [0.4, 0.5) is 5.82 Å². The summed E-state index contributed by atoms with van der Waals surface area (Å²) in [6, 6.07) is 4.19. The van der Waals surface area contributed by atoms with Crippen molar-refractivity contribution in [2.45, 2.75) is 13.5 Å². The van der Waals surface area contributed by atoms with Crippen molar-refractivity contribution < 1.29 is 0 Å². The number of hydrogen-bond acceptors (Lipinski definition) is 5. The molecule has 0 amide bonds. The van der Waals surface area contributed by atoms with Gasteiger partial charge in [0.1, 0.15) is 5.52 Å². The van der Waals surface area contributed by atoms with Crippen LogP contribution in [0, 0.1) is 6.92 Å². The molecule has 0 aliphatic rings. The summed E-state index contributed by atoms with van der Waals surface area (Å²) in [4.78, 5) is 17.8. The van der Waals surface area contributed by atoms with Crippen LogP contribution in [-0.4, -0.2) is 19.9 Å². The van der Waals surface area contributed by atoms with Crippen LogP contribution >= 0.6 is 22.9 Å². The molecule has 3 aromatic rings. The Hall–Kier alpha value is -1.66. The molecule has 3 rings (SSSR count). The van der Waals surface area contributed by atoms with E-state index in [1.807, 2.05) is 0 Å². The molecule has 0 spiro atoms. The summed E-state index contributed by atoms with van der Waals surface area (Å²) in [6.45, 7) is 2.79. The van der Waals surface area contributed by atoms with Gasteiger partial charge in [-0.3, -0.25) is 0 Å². The SMILES string of the molecule is Cc1ccc(CNc2nc(Cl)nc3nc[nH]c23)s1. The van der Waals surface area contributed by atoms with Gasteiger partial charge in [0, 0.05) is 9.75 Å². The molecule has 0 saturated heterocycles. The highest BCUT2D eigenvalue weighted by Gasteiger charge is 2.08. The zero-order chi connectivity index (χ0) is 12.5. The van der Waals surface area contributed by atoms with Crippen LogP contribution in [-0.2, 0) is 6.54 Å². The van der Waals surface area contributed by atoms with Crippen LogP contribution in [0.15, 0.2) is 18.5 Å². The van der Waals surface area contributed by atoms with Gasteiger partial charge in [0.15, 0.2) is 11.5 Å². The van der Waals surface area contributed by atoms with Gasteiger partial charge in [-0.2, -0.15) is 9.97 Å². The molecule has 0 saturated carbocycles. The van der Waals surface area contributed by atoms with Crippen LogP contribution in [0.3, 0.4) is 0 Å². The number of halogens is 1. The molecule has 5 nitrogen and oxygen atoms in total. The minimum atomic E-state index is 0.194. The quantitative estimate of drug-likeness (QED) is 0.723. The first-order valence-corrected chi connectivity index (χ1v) is 6.57. The monoisotopic (exact) mass is 279 g/mol. The van der Waals surface area contributed by atoms with Crippen molar-refractivity contribution in [2.75, 3.05) is 5.32 Å². The van der Waals surface area contributed by atoms with Gasteiger partial charge in [-0.25, -0.2) is 4.98 Å². The van der Waals surface area contributed by atoms with Gasteiger partial charge in [-0.05, 0) is 30.7 Å². The van der Waals surface area contributed by atoms with Crippen molar-refractivity contribution in [1.29, 1.82) is 0 Å². The average molecular weight is 280 g/mol. The third-order valence-electron chi connectivity index (χ3n) is 2.48. The summed E-state index contributed by atoms with van der Waals surface area (Å²) in [7, 11) is 0. The van der Waals surface area contributed by atoms with Gasteiger partial charge in [0.05, 0.1) is 12.9 Å². The number of H-pyrrole nitrogens is 1. The zero-order valence-electron chi connectivity index (χ0n) is 9.57. The van der Waals surface area contributed by atoms with E-state index < -0.39 is 0 Å². The molecule has 0 aromatic carbocycles. The van der Waals surface area contributed by atoms with Crippen molar-refractivity contribution in [3.8, 4) is 0 Å². The number of nitrogens with one attached hydrogen (secondary N) is 2. The molecule has 7 heteroatoms. The molecule has 0 fully saturated rings. The van der Waals surface area contributed by atoms with E-state index in [0.717, 1.165) is 5.52 Å². The van der Waals surface area contributed by atoms with E-state index in [1.165, 1.54) is 9.75 Å². The highest BCUT2D eigenvalue weighted by Crippen LogP contribution is 2.21. The summed E-state index contributed by atoms with van der Waals surface area (Å²) < 4.78 is 0. The first-order valence-electron chi connectivity index (χ1n) is 5.38. The molecule has 0 atom stereocenters. The second-order valence-electron chi connectivity index (χ2n) is 3.81. The lowest BCUT2D eigenvalue weighted by atomic mass is 10.4. The molecule has 0 bridgehead atoms.